The zero-order valence-corrected chi connectivity index (χ0v) is 38.8. The normalized spacial score (nSPS) is 13.7. The molecule has 0 heterocycles. The third-order valence-corrected chi connectivity index (χ3v) is 11.7. The zero-order valence-electron chi connectivity index (χ0n) is 37.9. The van der Waals surface area contributed by atoms with Crippen molar-refractivity contribution in [2.24, 2.45) is 5.73 Å². The summed E-state index contributed by atoms with van der Waals surface area (Å²) in [5.74, 6) is -2.37. The van der Waals surface area contributed by atoms with E-state index in [9.17, 15) is 23.8 Å². The zero-order chi connectivity index (χ0) is 43.5. The maximum absolute atomic E-state index is 12.7. The van der Waals surface area contributed by atoms with Crippen molar-refractivity contribution in [1.82, 2.24) is 0 Å². The summed E-state index contributed by atoms with van der Waals surface area (Å²) < 4.78 is 32.8. The van der Waals surface area contributed by atoms with Crippen LogP contribution in [0.3, 0.4) is 0 Å². The van der Waals surface area contributed by atoms with Gasteiger partial charge in [0.1, 0.15) is 12.6 Å². The van der Waals surface area contributed by atoms with Crippen molar-refractivity contribution >= 4 is 25.7 Å². The van der Waals surface area contributed by atoms with Crippen molar-refractivity contribution in [3.05, 3.63) is 12.2 Å². The highest BCUT2D eigenvalue weighted by Gasteiger charge is 2.28. The molecule has 0 saturated carbocycles. The second-order valence-electron chi connectivity index (χ2n) is 16.6. The van der Waals surface area contributed by atoms with Gasteiger partial charge < -0.3 is 25.2 Å². The number of carboxylic acid groups (broad SMARTS) is 1. The van der Waals surface area contributed by atoms with E-state index < -0.39 is 51.1 Å². The Balaban J connectivity index is 4.27. The number of phosphoric acid groups is 1. The number of carbonyl (C=O) groups excluding carboxylic acids is 2. The first-order chi connectivity index (χ1) is 28.6. The molecule has 0 bridgehead atoms. The third kappa shape index (κ3) is 42.7. The molecule has 0 radical (unpaired) electrons. The maximum atomic E-state index is 12.7. The van der Waals surface area contributed by atoms with Crippen LogP contribution in [0.2, 0.25) is 0 Å². The summed E-state index contributed by atoms with van der Waals surface area (Å²) in [4.78, 5) is 46.1. The van der Waals surface area contributed by atoms with Gasteiger partial charge in [-0.15, -0.1) is 0 Å². The Morgan fingerprint density at radius 3 is 1.24 bits per heavy atom. The molecule has 59 heavy (non-hydrogen) atoms. The van der Waals surface area contributed by atoms with Crippen molar-refractivity contribution < 1.29 is 47.5 Å². The number of carbonyl (C=O) groups is 3. The summed E-state index contributed by atoms with van der Waals surface area (Å²) in [6.07, 6.45) is 44.1. The number of rotatable bonds is 46. The second-order valence-corrected chi connectivity index (χ2v) is 18.1. The number of esters is 2. The van der Waals surface area contributed by atoms with Gasteiger partial charge in [0.2, 0.25) is 0 Å². The number of allylic oxidation sites excluding steroid dienone is 2. The Hall–Kier alpha value is -1.78. The molecule has 0 amide bonds. The van der Waals surface area contributed by atoms with Gasteiger partial charge in [0, 0.05) is 12.8 Å². The molecule has 12 heteroatoms. The molecule has 0 aromatic carbocycles. The number of unbranched alkanes of at least 4 members (excludes halogenated alkanes) is 30. The van der Waals surface area contributed by atoms with E-state index in [1.165, 1.54) is 154 Å². The van der Waals surface area contributed by atoms with Gasteiger partial charge in [-0.2, -0.15) is 0 Å². The lowest BCUT2D eigenvalue weighted by molar-refractivity contribution is -0.161. The van der Waals surface area contributed by atoms with Crippen LogP contribution in [0.25, 0.3) is 0 Å². The Kier molecular flexibility index (Phi) is 41.6. The maximum Gasteiger partial charge on any atom is 0.472 e. The van der Waals surface area contributed by atoms with E-state index in [0.29, 0.717) is 12.8 Å². The van der Waals surface area contributed by atoms with Crippen LogP contribution in [-0.4, -0.2) is 59.9 Å². The van der Waals surface area contributed by atoms with Crippen molar-refractivity contribution in [3.63, 3.8) is 0 Å². The molecule has 348 valence electrons. The number of aliphatic carboxylic acids is 1. The van der Waals surface area contributed by atoms with Crippen LogP contribution in [0, 0.1) is 0 Å². The average Bonchev–Trinajstić information content (AvgIpc) is 3.21. The number of ether oxygens (including phenoxy) is 2. The minimum atomic E-state index is -4.71. The first-order valence-electron chi connectivity index (χ1n) is 24.2. The van der Waals surface area contributed by atoms with Gasteiger partial charge >= 0.3 is 25.7 Å². The Bertz CT molecular complexity index is 1060. The number of nitrogens with two attached hydrogens (primary N) is 1. The summed E-state index contributed by atoms with van der Waals surface area (Å²) in [6.45, 7) is 2.84. The van der Waals surface area contributed by atoms with Gasteiger partial charge in [-0.3, -0.25) is 23.4 Å². The van der Waals surface area contributed by atoms with E-state index in [0.717, 1.165) is 44.9 Å². The van der Waals surface area contributed by atoms with Crippen molar-refractivity contribution in [1.29, 1.82) is 0 Å². The highest BCUT2D eigenvalue weighted by Crippen LogP contribution is 2.43. The van der Waals surface area contributed by atoms with Gasteiger partial charge in [0.25, 0.3) is 0 Å². The summed E-state index contributed by atoms with van der Waals surface area (Å²) in [7, 11) is -4.71. The molecule has 3 atom stereocenters. The van der Waals surface area contributed by atoms with Crippen LogP contribution in [0.5, 0.6) is 0 Å². The number of carboxylic acids is 1. The number of hydrogen-bond acceptors (Lipinski definition) is 9. The Morgan fingerprint density at radius 2 is 0.847 bits per heavy atom. The molecule has 0 spiro atoms. The molecule has 0 saturated heterocycles. The lowest BCUT2D eigenvalue weighted by Crippen LogP contribution is -2.34. The largest absolute Gasteiger partial charge is 0.480 e. The number of phosphoric ester groups is 1. The molecule has 0 fully saturated rings. The van der Waals surface area contributed by atoms with Gasteiger partial charge in [0.15, 0.2) is 6.10 Å². The topological polar surface area (TPSA) is 172 Å². The van der Waals surface area contributed by atoms with Crippen LogP contribution < -0.4 is 5.73 Å². The predicted octanol–water partition coefficient (Wildman–Crippen LogP) is 13.2. The van der Waals surface area contributed by atoms with Crippen LogP contribution in [0.15, 0.2) is 12.2 Å². The van der Waals surface area contributed by atoms with Gasteiger partial charge in [0.05, 0.1) is 13.2 Å². The molecule has 0 aliphatic heterocycles. The highest BCUT2D eigenvalue weighted by atomic mass is 31.2. The Labute approximate surface area is 360 Å². The lowest BCUT2D eigenvalue weighted by atomic mass is 10.0. The molecule has 0 aliphatic rings. The molecule has 0 aromatic rings. The van der Waals surface area contributed by atoms with E-state index in [2.05, 4.69) is 30.5 Å². The predicted molar refractivity (Wildman–Crippen MR) is 240 cm³/mol. The molecule has 0 aliphatic carbocycles. The fourth-order valence-electron chi connectivity index (χ4n) is 6.94. The van der Waals surface area contributed by atoms with Crippen LogP contribution in [0.4, 0.5) is 0 Å². The van der Waals surface area contributed by atoms with Gasteiger partial charge in [-0.05, 0) is 38.5 Å². The van der Waals surface area contributed by atoms with E-state index >= 15 is 0 Å². The molecule has 4 N–H and O–H groups in total. The minimum absolute atomic E-state index is 0.161. The molecule has 0 rings (SSSR count). The smallest absolute Gasteiger partial charge is 0.472 e. The van der Waals surface area contributed by atoms with Crippen LogP contribution >= 0.6 is 7.82 Å². The summed E-state index contributed by atoms with van der Waals surface area (Å²) in [5.41, 5.74) is 5.34. The van der Waals surface area contributed by atoms with E-state index in [1.54, 1.807) is 0 Å². The van der Waals surface area contributed by atoms with Gasteiger partial charge in [-0.25, -0.2) is 4.57 Å². The van der Waals surface area contributed by atoms with Gasteiger partial charge in [-0.1, -0.05) is 199 Å². The number of hydrogen-bond donors (Lipinski definition) is 3. The fraction of sp³-hybridized carbons (Fsp3) is 0.894. The third-order valence-electron chi connectivity index (χ3n) is 10.8. The van der Waals surface area contributed by atoms with Crippen LogP contribution in [-0.2, 0) is 37.5 Å². The summed E-state index contributed by atoms with van der Waals surface area (Å²) in [5, 5.41) is 8.91. The first-order valence-corrected chi connectivity index (χ1v) is 25.7. The summed E-state index contributed by atoms with van der Waals surface area (Å²) >= 11 is 0. The van der Waals surface area contributed by atoms with Crippen molar-refractivity contribution in [3.8, 4) is 0 Å². The standard InChI is InChI=1S/C47H90NO10P/c1-3-5-7-9-11-13-15-17-19-21-22-23-25-27-29-31-33-35-37-39-46(50)58-43(41-56-59(53,54)57-42-44(48)47(51)52)40-55-45(49)38-36-34-32-30-28-26-24-20-18-16-14-12-10-8-6-4-2/h21-22,43-44H,3-20,23-42,48H2,1-2H3,(H,51,52)(H,53,54)/b22-21-/t43-,44+/m1/s1. The quantitative estimate of drug-likeness (QED) is 0.0230. The van der Waals surface area contributed by atoms with Crippen molar-refractivity contribution in [2.45, 2.75) is 251 Å². The SMILES string of the molecule is CCCCCCCCCC/C=C\CCCCCCCCCC(=O)O[C@H](COC(=O)CCCCCCCCCCCCCCCCCC)COP(=O)(O)OC[C@H](N)C(=O)O. The fourth-order valence-corrected chi connectivity index (χ4v) is 7.72. The molecule has 0 aromatic heterocycles. The monoisotopic (exact) mass is 860 g/mol. The molecule has 11 nitrogen and oxygen atoms in total. The minimum Gasteiger partial charge on any atom is -0.480 e. The van der Waals surface area contributed by atoms with Crippen LogP contribution in [0.1, 0.15) is 239 Å². The molecular weight excluding hydrogens is 769 g/mol. The highest BCUT2D eigenvalue weighted by molar-refractivity contribution is 7.47. The lowest BCUT2D eigenvalue weighted by Gasteiger charge is -2.20. The average molecular weight is 860 g/mol. The summed E-state index contributed by atoms with van der Waals surface area (Å²) in [6, 6.07) is -1.52. The van der Waals surface area contributed by atoms with Crippen molar-refractivity contribution in [2.75, 3.05) is 19.8 Å². The van der Waals surface area contributed by atoms with E-state index in [-0.39, 0.29) is 19.4 Å². The molecule has 1 unspecified atom stereocenters. The first kappa shape index (κ1) is 57.2. The second kappa shape index (κ2) is 42.9. The molecular formula is C47H90NO10P. The van der Waals surface area contributed by atoms with E-state index in [4.69, 9.17) is 24.8 Å². The Morgan fingerprint density at radius 1 is 0.508 bits per heavy atom. The van der Waals surface area contributed by atoms with E-state index in [1.807, 2.05) is 0 Å².